The van der Waals surface area contributed by atoms with Crippen LogP contribution in [-0.4, -0.2) is 58.6 Å². The molecule has 1 N–H and O–H groups in total. The Labute approximate surface area is 209 Å². The second kappa shape index (κ2) is 9.43. The molecule has 2 aliphatic heterocycles. The predicted molar refractivity (Wildman–Crippen MR) is 139 cm³/mol. The molecule has 1 amide bonds. The van der Waals surface area contributed by atoms with Crippen LogP contribution in [0.25, 0.3) is 10.4 Å². The molecule has 2 fully saturated rings. The fraction of sp³-hybridized carbons (Fsp3) is 0.370. The van der Waals surface area contributed by atoms with Gasteiger partial charge in [0.25, 0.3) is 0 Å². The summed E-state index contributed by atoms with van der Waals surface area (Å²) in [6.45, 7) is 7.60. The molecule has 8 heteroatoms. The standard InChI is InChI=1S/C27H30N4O3S/c1-27(2)18-29(16-19-10-11-23(28-15-19)30-12-6-7-13-30)17-24(32)31(27)21-14-22(35-25(21)26(33)34)20-8-4-3-5-9-20/h3-5,8-11,14-15H,6-7,12-13,16-18H2,1-2H3,(H,33,34). The van der Waals surface area contributed by atoms with Crippen molar-refractivity contribution in [2.24, 2.45) is 0 Å². The number of pyridine rings is 1. The van der Waals surface area contributed by atoms with Crippen molar-refractivity contribution in [2.45, 2.75) is 38.8 Å². The molecule has 2 aliphatic rings. The summed E-state index contributed by atoms with van der Waals surface area (Å²) in [6, 6.07) is 15.7. The Morgan fingerprint density at radius 2 is 1.86 bits per heavy atom. The maximum Gasteiger partial charge on any atom is 0.348 e. The van der Waals surface area contributed by atoms with Gasteiger partial charge in [-0.2, -0.15) is 0 Å². The van der Waals surface area contributed by atoms with Crippen molar-refractivity contribution in [1.29, 1.82) is 0 Å². The number of thiophene rings is 1. The van der Waals surface area contributed by atoms with Crippen LogP contribution in [0.3, 0.4) is 0 Å². The topological polar surface area (TPSA) is 77.0 Å². The van der Waals surface area contributed by atoms with Gasteiger partial charge >= 0.3 is 5.97 Å². The number of aromatic nitrogens is 1. The number of aromatic carboxylic acids is 1. The van der Waals surface area contributed by atoms with Crippen LogP contribution < -0.4 is 9.80 Å². The van der Waals surface area contributed by atoms with Gasteiger partial charge in [0.1, 0.15) is 10.7 Å². The van der Waals surface area contributed by atoms with E-state index in [1.165, 1.54) is 24.2 Å². The van der Waals surface area contributed by atoms with Gasteiger partial charge in [-0.1, -0.05) is 36.4 Å². The van der Waals surface area contributed by atoms with Gasteiger partial charge in [-0.25, -0.2) is 9.78 Å². The molecule has 4 heterocycles. The number of piperazine rings is 1. The van der Waals surface area contributed by atoms with E-state index in [9.17, 15) is 14.7 Å². The monoisotopic (exact) mass is 490 g/mol. The summed E-state index contributed by atoms with van der Waals surface area (Å²) in [7, 11) is 0. The summed E-state index contributed by atoms with van der Waals surface area (Å²) >= 11 is 1.21. The summed E-state index contributed by atoms with van der Waals surface area (Å²) in [5, 5.41) is 9.91. The first-order chi connectivity index (χ1) is 16.8. The van der Waals surface area contributed by atoms with Crippen LogP contribution in [0.1, 0.15) is 41.9 Å². The van der Waals surface area contributed by atoms with E-state index >= 15 is 0 Å². The molecule has 0 radical (unpaired) electrons. The number of anilines is 2. The van der Waals surface area contributed by atoms with Gasteiger partial charge in [0, 0.05) is 37.3 Å². The molecule has 0 saturated carbocycles. The maximum atomic E-state index is 13.4. The van der Waals surface area contributed by atoms with Gasteiger partial charge in [0.15, 0.2) is 0 Å². The van der Waals surface area contributed by atoms with Crippen molar-refractivity contribution in [1.82, 2.24) is 9.88 Å². The number of nitrogens with zero attached hydrogens (tertiary/aromatic N) is 4. The van der Waals surface area contributed by atoms with Gasteiger partial charge in [-0.15, -0.1) is 11.3 Å². The van der Waals surface area contributed by atoms with Crippen LogP contribution in [-0.2, 0) is 11.3 Å². The third-order valence-corrected chi connectivity index (χ3v) is 7.84. The first kappa shape index (κ1) is 23.5. The summed E-state index contributed by atoms with van der Waals surface area (Å²) in [6.07, 6.45) is 4.34. The Bertz CT molecular complexity index is 1220. The van der Waals surface area contributed by atoms with Crippen molar-refractivity contribution in [3.05, 3.63) is 65.2 Å². The molecule has 0 spiro atoms. The zero-order valence-corrected chi connectivity index (χ0v) is 20.9. The normalized spacial score (nSPS) is 18.3. The Hall–Kier alpha value is -3.23. The number of rotatable bonds is 6. The number of hydrogen-bond donors (Lipinski definition) is 1. The van der Waals surface area contributed by atoms with Gasteiger partial charge in [0.05, 0.1) is 17.8 Å². The molecule has 182 valence electrons. The summed E-state index contributed by atoms with van der Waals surface area (Å²) < 4.78 is 0. The highest BCUT2D eigenvalue weighted by molar-refractivity contribution is 7.18. The van der Waals surface area contributed by atoms with E-state index in [-0.39, 0.29) is 17.3 Å². The molecule has 7 nitrogen and oxygen atoms in total. The lowest BCUT2D eigenvalue weighted by Crippen LogP contribution is -2.62. The zero-order chi connectivity index (χ0) is 24.6. The maximum absolute atomic E-state index is 13.4. The summed E-state index contributed by atoms with van der Waals surface area (Å²) in [5.74, 6) is -0.0921. The van der Waals surface area contributed by atoms with E-state index in [0.717, 1.165) is 34.9 Å². The van der Waals surface area contributed by atoms with Gasteiger partial charge < -0.3 is 14.9 Å². The molecule has 3 aromatic rings. The molecule has 35 heavy (non-hydrogen) atoms. The largest absolute Gasteiger partial charge is 0.477 e. The van der Waals surface area contributed by atoms with Gasteiger partial charge in [0.2, 0.25) is 5.91 Å². The Morgan fingerprint density at radius 1 is 1.11 bits per heavy atom. The van der Waals surface area contributed by atoms with Crippen molar-refractivity contribution < 1.29 is 14.7 Å². The molecule has 2 saturated heterocycles. The highest BCUT2D eigenvalue weighted by Gasteiger charge is 2.41. The molecule has 5 rings (SSSR count). The minimum absolute atomic E-state index is 0.0946. The number of amides is 1. The van der Waals surface area contributed by atoms with Crippen LogP contribution in [0.5, 0.6) is 0 Å². The van der Waals surface area contributed by atoms with E-state index in [1.807, 2.05) is 56.4 Å². The van der Waals surface area contributed by atoms with Crippen molar-refractivity contribution >= 4 is 34.7 Å². The average molecular weight is 491 g/mol. The SMILES string of the molecule is CC1(C)CN(Cc2ccc(N3CCCC3)nc2)CC(=O)N1c1cc(-c2ccccc2)sc1C(=O)O. The number of benzene rings is 1. The molecule has 0 aliphatic carbocycles. The quantitative estimate of drug-likeness (QED) is 0.538. The first-order valence-corrected chi connectivity index (χ1v) is 12.8. The third kappa shape index (κ3) is 4.81. The van der Waals surface area contributed by atoms with Crippen molar-refractivity contribution in [2.75, 3.05) is 36.0 Å². The van der Waals surface area contributed by atoms with E-state index in [0.29, 0.717) is 18.8 Å². The molecule has 1 aromatic carbocycles. The van der Waals surface area contributed by atoms with Crippen LogP contribution in [0.2, 0.25) is 0 Å². The molecule has 0 bridgehead atoms. The Balaban J connectivity index is 1.36. The lowest BCUT2D eigenvalue weighted by atomic mass is 9.96. The van der Waals surface area contributed by atoms with Crippen molar-refractivity contribution in [3.63, 3.8) is 0 Å². The second-order valence-electron chi connectivity index (χ2n) is 9.90. The summed E-state index contributed by atoms with van der Waals surface area (Å²) in [4.78, 5) is 37.3. The lowest BCUT2D eigenvalue weighted by Gasteiger charge is -2.46. The van der Waals surface area contributed by atoms with Crippen LogP contribution in [0, 0.1) is 0 Å². The number of hydrogen-bond acceptors (Lipinski definition) is 6. The lowest BCUT2D eigenvalue weighted by molar-refractivity contribution is -0.123. The van der Waals surface area contributed by atoms with Gasteiger partial charge in [-0.3, -0.25) is 9.69 Å². The molecule has 0 atom stereocenters. The highest BCUT2D eigenvalue weighted by atomic mass is 32.1. The number of carboxylic acids is 1. The fourth-order valence-electron chi connectivity index (χ4n) is 5.19. The minimum atomic E-state index is -1.01. The summed E-state index contributed by atoms with van der Waals surface area (Å²) in [5.41, 5.74) is 1.92. The highest BCUT2D eigenvalue weighted by Crippen LogP contribution is 2.40. The van der Waals surface area contributed by atoms with E-state index < -0.39 is 11.5 Å². The predicted octanol–water partition coefficient (Wildman–Crippen LogP) is 4.74. The fourth-order valence-corrected chi connectivity index (χ4v) is 6.18. The van der Waals surface area contributed by atoms with Crippen LogP contribution >= 0.6 is 11.3 Å². The second-order valence-corrected chi connectivity index (χ2v) is 11.0. The van der Waals surface area contributed by atoms with E-state index in [4.69, 9.17) is 0 Å². The molecule has 2 aromatic heterocycles. The number of carbonyl (C=O) groups excluding carboxylic acids is 1. The first-order valence-electron chi connectivity index (χ1n) is 12.0. The van der Waals surface area contributed by atoms with Crippen LogP contribution in [0.4, 0.5) is 11.5 Å². The van der Waals surface area contributed by atoms with Gasteiger partial charge in [-0.05, 0) is 49.9 Å². The van der Waals surface area contributed by atoms with E-state index in [2.05, 4.69) is 26.9 Å². The molecular weight excluding hydrogens is 460 g/mol. The Kier molecular flexibility index (Phi) is 6.34. The zero-order valence-electron chi connectivity index (χ0n) is 20.1. The third-order valence-electron chi connectivity index (χ3n) is 6.68. The number of carboxylic acid groups (broad SMARTS) is 1. The smallest absolute Gasteiger partial charge is 0.348 e. The Morgan fingerprint density at radius 3 is 2.49 bits per heavy atom. The average Bonchev–Trinajstić information content (AvgIpc) is 3.50. The molecular formula is C27H30N4O3S. The van der Waals surface area contributed by atoms with Crippen molar-refractivity contribution in [3.8, 4) is 10.4 Å². The van der Waals surface area contributed by atoms with E-state index in [1.54, 1.807) is 4.90 Å². The molecule has 0 unspecified atom stereocenters. The minimum Gasteiger partial charge on any atom is -0.477 e. The van der Waals surface area contributed by atoms with Crippen LogP contribution in [0.15, 0.2) is 54.7 Å². The number of carbonyl (C=O) groups is 2.